The van der Waals surface area contributed by atoms with Crippen molar-refractivity contribution < 1.29 is 14.0 Å². The van der Waals surface area contributed by atoms with Gasteiger partial charge in [0.2, 0.25) is 5.89 Å². The molecule has 2 amide bonds. The molecule has 29 heavy (non-hydrogen) atoms. The number of oxazole rings is 1. The molecule has 8 nitrogen and oxygen atoms in total. The van der Waals surface area contributed by atoms with E-state index in [9.17, 15) is 9.59 Å². The average molecular weight is 414 g/mol. The molecule has 0 radical (unpaired) electrons. The number of likely N-dealkylation sites (tertiary alicyclic amines) is 1. The summed E-state index contributed by atoms with van der Waals surface area (Å²) in [5.41, 5.74) is 1.40. The molecule has 3 aromatic rings. The molecule has 1 fully saturated rings. The summed E-state index contributed by atoms with van der Waals surface area (Å²) in [6, 6.07) is 5.60. The van der Waals surface area contributed by atoms with Gasteiger partial charge in [0.15, 0.2) is 11.4 Å². The van der Waals surface area contributed by atoms with Crippen molar-refractivity contribution >= 4 is 23.2 Å². The molecule has 0 unspecified atom stereocenters. The van der Waals surface area contributed by atoms with E-state index in [-0.39, 0.29) is 24.1 Å². The molecule has 2 N–H and O–H groups in total. The maximum atomic E-state index is 12.7. The molecule has 1 saturated heterocycles. The molecule has 4 heterocycles. The van der Waals surface area contributed by atoms with E-state index in [2.05, 4.69) is 27.4 Å². The smallest absolute Gasteiger partial charge is 0.276 e. The van der Waals surface area contributed by atoms with E-state index in [1.54, 1.807) is 24.3 Å². The fraction of sp³-hybridized carbons (Fsp3) is 0.400. The Hall–Kier alpha value is -2.94. The van der Waals surface area contributed by atoms with E-state index < -0.39 is 0 Å². The Morgan fingerprint density at radius 3 is 2.90 bits per heavy atom. The van der Waals surface area contributed by atoms with Crippen molar-refractivity contribution in [3.8, 4) is 10.6 Å². The van der Waals surface area contributed by atoms with E-state index in [1.165, 1.54) is 0 Å². The number of aryl methyl sites for hydroxylation is 1. The number of rotatable bonds is 5. The lowest BCUT2D eigenvalue weighted by Gasteiger charge is -2.29. The Morgan fingerprint density at radius 2 is 2.17 bits per heavy atom. The van der Waals surface area contributed by atoms with Crippen LogP contribution >= 0.6 is 11.3 Å². The number of thiophene rings is 1. The standard InChI is InChI=1S/C20H23N5O3S/c1-12-5-7-25(8-6-12)20(27)18-13(2)28-17(22-18)11-21-19(26)15-10-14(23-24-15)16-4-3-9-29-16/h3-4,9-10,12H,5-8,11H2,1-2H3,(H,21,26)(H,23,24). The summed E-state index contributed by atoms with van der Waals surface area (Å²) in [7, 11) is 0. The predicted molar refractivity (Wildman–Crippen MR) is 109 cm³/mol. The molecule has 0 saturated carbocycles. The van der Waals surface area contributed by atoms with E-state index in [1.807, 2.05) is 22.4 Å². The fourth-order valence-corrected chi connectivity index (χ4v) is 4.02. The van der Waals surface area contributed by atoms with Crippen LogP contribution in [0.4, 0.5) is 0 Å². The first-order valence-electron chi connectivity index (χ1n) is 9.64. The van der Waals surface area contributed by atoms with Crippen molar-refractivity contribution in [2.75, 3.05) is 13.1 Å². The summed E-state index contributed by atoms with van der Waals surface area (Å²) in [6.07, 6.45) is 2.01. The van der Waals surface area contributed by atoms with Gasteiger partial charge in [-0.25, -0.2) is 4.98 Å². The van der Waals surface area contributed by atoms with E-state index in [4.69, 9.17) is 4.42 Å². The number of nitrogens with zero attached hydrogens (tertiary/aromatic N) is 3. The first-order chi connectivity index (χ1) is 14.0. The molecule has 3 aromatic heterocycles. The van der Waals surface area contributed by atoms with Crippen LogP contribution in [-0.2, 0) is 6.54 Å². The number of hydrogen-bond donors (Lipinski definition) is 2. The zero-order chi connectivity index (χ0) is 20.4. The maximum Gasteiger partial charge on any atom is 0.276 e. The number of piperidine rings is 1. The first-order valence-corrected chi connectivity index (χ1v) is 10.5. The predicted octanol–water partition coefficient (Wildman–Crippen LogP) is 3.24. The Labute approximate surface area is 172 Å². The highest BCUT2D eigenvalue weighted by molar-refractivity contribution is 7.13. The molecule has 4 rings (SSSR count). The van der Waals surface area contributed by atoms with Gasteiger partial charge in [-0.15, -0.1) is 11.3 Å². The second-order valence-electron chi connectivity index (χ2n) is 7.31. The maximum absolute atomic E-state index is 12.7. The zero-order valence-electron chi connectivity index (χ0n) is 16.4. The number of amides is 2. The largest absolute Gasteiger partial charge is 0.443 e. The Balaban J connectivity index is 1.37. The zero-order valence-corrected chi connectivity index (χ0v) is 17.2. The van der Waals surface area contributed by atoms with Gasteiger partial charge >= 0.3 is 0 Å². The molecule has 1 aliphatic rings. The SMILES string of the molecule is Cc1oc(CNC(=O)c2cc(-c3cccs3)[nH]n2)nc1C(=O)N1CCC(C)CC1. The number of carbonyl (C=O) groups is 2. The third-order valence-electron chi connectivity index (χ3n) is 5.11. The molecular formula is C20H23N5O3S. The Kier molecular flexibility index (Phi) is 5.48. The van der Waals surface area contributed by atoms with Gasteiger partial charge in [-0.3, -0.25) is 14.7 Å². The van der Waals surface area contributed by atoms with Crippen LogP contribution in [-0.4, -0.2) is 45.0 Å². The van der Waals surface area contributed by atoms with Gasteiger partial charge in [-0.2, -0.15) is 5.10 Å². The lowest BCUT2D eigenvalue weighted by atomic mass is 9.99. The molecule has 9 heteroatoms. The molecule has 152 valence electrons. The van der Waals surface area contributed by atoms with Crippen molar-refractivity contribution in [3.63, 3.8) is 0 Å². The van der Waals surface area contributed by atoms with Crippen LogP contribution in [0.25, 0.3) is 10.6 Å². The molecule has 0 aliphatic carbocycles. The summed E-state index contributed by atoms with van der Waals surface area (Å²) >= 11 is 1.57. The normalized spacial score (nSPS) is 14.9. The highest BCUT2D eigenvalue weighted by Crippen LogP contribution is 2.23. The molecular weight excluding hydrogens is 390 g/mol. The number of aromatic nitrogens is 3. The number of nitrogens with one attached hydrogen (secondary N) is 2. The van der Waals surface area contributed by atoms with Gasteiger partial charge in [-0.1, -0.05) is 13.0 Å². The molecule has 0 aromatic carbocycles. The molecule has 0 atom stereocenters. The monoisotopic (exact) mass is 413 g/mol. The minimum atomic E-state index is -0.335. The summed E-state index contributed by atoms with van der Waals surface area (Å²) in [4.78, 5) is 32.2. The van der Waals surface area contributed by atoms with Gasteiger partial charge in [0.05, 0.1) is 17.1 Å². The van der Waals surface area contributed by atoms with Crippen LogP contribution in [0.1, 0.15) is 52.4 Å². The van der Waals surface area contributed by atoms with Crippen LogP contribution in [0, 0.1) is 12.8 Å². The first kappa shape index (κ1) is 19.4. The highest BCUT2D eigenvalue weighted by Gasteiger charge is 2.26. The molecule has 1 aliphatic heterocycles. The van der Waals surface area contributed by atoms with Crippen LogP contribution < -0.4 is 5.32 Å². The molecule has 0 bridgehead atoms. The Bertz CT molecular complexity index is 999. The van der Waals surface area contributed by atoms with Crippen molar-refractivity contribution in [2.45, 2.75) is 33.2 Å². The number of H-pyrrole nitrogens is 1. The summed E-state index contributed by atoms with van der Waals surface area (Å²) in [6.45, 7) is 5.49. The summed E-state index contributed by atoms with van der Waals surface area (Å²) < 4.78 is 5.60. The Morgan fingerprint density at radius 1 is 1.38 bits per heavy atom. The summed E-state index contributed by atoms with van der Waals surface area (Å²) in [5, 5.41) is 11.6. The van der Waals surface area contributed by atoms with E-state index >= 15 is 0 Å². The van der Waals surface area contributed by atoms with Crippen LogP contribution in [0.15, 0.2) is 28.0 Å². The van der Waals surface area contributed by atoms with Gasteiger partial charge in [0.1, 0.15) is 5.76 Å². The summed E-state index contributed by atoms with van der Waals surface area (Å²) in [5.74, 6) is 0.975. The lowest BCUT2D eigenvalue weighted by molar-refractivity contribution is 0.0690. The van der Waals surface area contributed by atoms with Crippen molar-refractivity contribution in [1.82, 2.24) is 25.4 Å². The van der Waals surface area contributed by atoms with Crippen LogP contribution in [0.2, 0.25) is 0 Å². The van der Waals surface area contributed by atoms with Gasteiger partial charge in [-0.05, 0) is 43.2 Å². The van der Waals surface area contributed by atoms with Gasteiger partial charge < -0.3 is 14.6 Å². The highest BCUT2D eigenvalue weighted by atomic mass is 32.1. The third-order valence-corrected chi connectivity index (χ3v) is 6.01. The van der Waals surface area contributed by atoms with Crippen molar-refractivity contribution in [3.05, 3.63) is 46.6 Å². The van der Waals surface area contributed by atoms with Crippen LogP contribution in [0.5, 0.6) is 0 Å². The van der Waals surface area contributed by atoms with Crippen molar-refractivity contribution in [1.29, 1.82) is 0 Å². The number of hydrogen-bond acceptors (Lipinski definition) is 6. The topological polar surface area (TPSA) is 104 Å². The quantitative estimate of drug-likeness (QED) is 0.668. The third kappa shape index (κ3) is 4.24. The number of aromatic amines is 1. The van der Waals surface area contributed by atoms with E-state index in [0.717, 1.165) is 36.5 Å². The van der Waals surface area contributed by atoms with Gasteiger partial charge in [0, 0.05) is 13.1 Å². The fourth-order valence-electron chi connectivity index (χ4n) is 3.33. The van der Waals surface area contributed by atoms with Crippen LogP contribution in [0.3, 0.4) is 0 Å². The second kappa shape index (κ2) is 8.20. The van der Waals surface area contributed by atoms with Crippen molar-refractivity contribution in [2.24, 2.45) is 5.92 Å². The average Bonchev–Trinajstić information content (AvgIpc) is 3.46. The second-order valence-corrected chi connectivity index (χ2v) is 8.26. The lowest BCUT2D eigenvalue weighted by Crippen LogP contribution is -2.38. The minimum Gasteiger partial charge on any atom is -0.443 e. The molecule has 0 spiro atoms. The minimum absolute atomic E-state index is 0.0885. The van der Waals surface area contributed by atoms with Gasteiger partial charge in [0.25, 0.3) is 11.8 Å². The number of carbonyl (C=O) groups excluding carboxylic acids is 2. The van der Waals surface area contributed by atoms with E-state index in [0.29, 0.717) is 23.3 Å².